The highest BCUT2D eigenvalue weighted by molar-refractivity contribution is 6.16. The van der Waals surface area contributed by atoms with Gasteiger partial charge in [-0.15, -0.1) is 0 Å². The first-order valence-electron chi connectivity index (χ1n) is 5.34. The molecule has 0 spiro atoms. The third-order valence-corrected chi connectivity index (χ3v) is 3.02. The number of hydrogen-bond acceptors (Lipinski definition) is 1. The van der Waals surface area contributed by atoms with Crippen LogP contribution in [0.1, 0.15) is 37.5 Å². The Kier molecular flexibility index (Phi) is 4.20. The third kappa shape index (κ3) is 2.00. The van der Waals surface area contributed by atoms with Crippen molar-refractivity contribution in [3.8, 4) is 0 Å². The quantitative estimate of drug-likeness (QED) is 0.744. The summed E-state index contributed by atoms with van der Waals surface area (Å²) in [6.45, 7) is 6.65. The summed E-state index contributed by atoms with van der Waals surface area (Å²) in [5.41, 5.74) is 5.65. The highest BCUT2D eigenvalue weighted by atomic mass is 28.2. The Morgan fingerprint density at radius 1 is 1.00 bits per heavy atom. The van der Waals surface area contributed by atoms with Crippen molar-refractivity contribution in [3.63, 3.8) is 0 Å². The molecular weight excluding hydrogens is 186 g/mol. The first-order chi connectivity index (χ1) is 6.78. The molecular formula is C12H18NSi. The predicted molar refractivity (Wildman–Crippen MR) is 64.0 cm³/mol. The van der Waals surface area contributed by atoms with Gasteiger partial charge in [0, 0.05) is 5.69 Å². The molecule has 2 heteroatoms. The van der Waals surface area contributed by atoms with Crippen molar-refractivity contribution in [2.45, 2.75) is 40.0 Å². The van der Waals surface area contributed by atoms with Crippen LogP contribution in [0, 0.1) is 0 Å². The first kappa shape index (κ1) is 11.3. The summed E-state index contributed by atoms with van der Waals surface area (Å²) in [7, 11) is 3.36. The molecule has 0 saturated heterocycles. The molecule has 0 aliphatic heterocycles. The number of nitrogens with one attached hydrogen (secondary N) is 1. The molecule has 1 nitrogen and oxygen atoms in total. The summed E-state index contributed by atoms with van der Waals surface area (Å²) in [6, 6.07) is 4.38. The maximum absolute atomic E-state index is 3.36. The molecule has 0 bridgehead atoms. The molecule has 0 aliphatic carbocycles. The lowest BCUT2D eigenvalue weighted by molar-refractivity contribution is 0.984. The Morgan fingerprint density at radius 2 is 1.64 bits per heavy atom. The molecule has 1 aromatic carbocycles. The second kappa shape index (κ2) is 5.20. The second-order valence-corrected chi connectivity index (χ2v) is 3.67. The maximum Gasteiger partial charge on any atom is 0.186 e. The zero-order valence-electron chi connectivity index (χ0n) is 9.28. The summed E-state index contributed by atoms with van der Waals surface area (Å²) in [5.74, 6) is 0. The van der Waals surface area contributed by atoms with Gasteiger partial charge in [-0.25, -0.2) is 0 Å². The van der Waals surface area contributed by atoms with Crippen LogP contribution in [0.25, 0.3) is 0 Å². The van der Waals surface area contributed by atoms with Crippen molar-refractivity contribution in [1.82, 2.24) is 0 Å². The second-order valence-electron chi connectivity index (χ2n) is 3.42. The van der Waals surface area contributed by atoms with Crippen LogP contribution in [-0.2, 0) is 19.3 Å². The van der Waals surface area contributed by atoms with Crippen LogP contribution in [0.15, 0.2) is 12.1 Å². The predicted octanol–water partition coefficient (Wildman–Crippen LogP) is 2.87. The Morgan fingerprint density at radius 3 is 2.07 bits per heavy atom. The van der Waals surface area contributed by atoms with Crippen LogP contribution < -0.4 is 4.98 Å². The summed E-state index contributed by atoms with van der Waals surface area (Å²) in [4.78, 5) is 3.08. The molecule has 14 heavy (non-hydrogen) atoms. The van der Waals surface area contributed by atoms with Crippen molar-refractivity contribution in [2.24, 2.45) is 0 Å². The molecule has 3 radical (unpaired) electrons. The standard InChI is InChI=1S/C12H18NSi/c1-4-9-7-8-12(13-14)11(6-3)10(9)5-2/h7-8,13H,4-6H2,1-3H3. The SMILES string of the molecule is CCc1ccc(N[Si])c(CC)c1CC. The normalized spacial score (nSPS) is 10.3. The van der Waals surface area contributed by atoms with Crippen LogP contribution in [0.3, 0.4) is 0 Å². The van der Waals surface area contributed by atoms with Crippen molar-refractivity contribution < 1.29 is 0 Å². The van der Waals surface area contributed by atoms with Gasteiger partial charge in [0.2, 0.25) is 0 Å². The van der Waals surface area contributed by atoms with E-state index in [4.69, 9.17) is 0 Å². The van der Waals surface area contributed by atoms with Crippen LogP contribution in [0.5, 0.6) is 0 Å². The zero-order valence-corrected chi connectivity index (χ0v) is 10.3. The van der Waals surface area contributed by atoms with Gasteiger partial charge in [0.25, 0.3) is 0 Å². The van der Waals surface area contributed by atoms with E-state index < -0.39 is 0 Å². The number of hydrogen-bond donors (Lipinski definition) is 1. The first-order valence-corrected chi connectivity index (χ1v) is 5.84. The van der Waals surface area contributed by atoms with E-state index in [2.05, 4.69) is 48.3 Å². The molecule has 1 N–H and O–H groups in total. The molecule has 75 valence electrons. The molecule has 0 heterocycles. The average molecular weight is 204 g/mol. The van der Waals surface area contributed by atoms with Crippen LogP contribution >= 0.6 is 0 Å². The van der Waals surface area contributed by atoms with E-state index in [0.29, 0.717) is 0 Å². The van der Waals surface area contributed by atoms with Gasteiger partial charge in [0.1, 0.15) is 0 Å². The van der Waals surface area contributed by atoms with E-state index in [1.807, 2.05) is 0 Å². The van der Waals surface area contributed by atoms with Gasteiger partial charge in [-0.1, -0.05) is 26.8 Å². The lowest BCUT2D eigenvalue weighted by Crippen LogP contribution is -2.03. The van der Waals surface area contributed by atoms with Gasteiger partial charge in [-0.3, -0.25) is 0 Å². The molecule has 0 amide bonds. The van der Waals surface area contributed by atoms with Crippen molar-refractivity contribution in [1.29, 1.82) is 0 Å². The molecule has 0 saturated carbocycles. The minimum Gasteiger partial charge on any atom is -0.412 e. The van der Waals surface area contributed by atoms with Gasteiger partial charge < -0.3 is 4.98 Å². The highest BCUT2D eigenvalue weighted by Gasteiger charge is 2.08. The van der Waals surface area contributed by atoms with E-state index in [0.717, 1.165) is 19.3 Å². The minimum atomic E-state index is 1.09. The fourth-order valence-electron chi connectivity index (χ4n) is 2.03. The lowest BCUT2D eigenvalue weighted by Gasteiger charge is -2.16. The zero-order chi connectivity index (χ0) is 10.6. The highest BCUT2D eigenvalue weighted by Crippen LogP contribution is 2.24. The van der Waals surface area contributed by atoms with Gasteiger partial charge in [0.05, 0.1) is 0 Å². The van der Waals surface area contributed by atoms with E-state index in [1.54, 1.807) is 0 Å². The monoisotopic (exact) mass is 204 g/mol. The summed E-state index contributed by atoms with van der Waals surface area (Å²) < 4.78 is 0. The maximum atomic E-state index is 3.36. The largest absolute Gasteiger partial charge is 0.412 e. The van der Waals surface area contributed by atoms with Crippen molar-refractivity contribution in [2.75, 3.05) is 4.98 Å². The topological polar surface area (TPSA) is 12.0 Å². The van der Waals surface area contributed by atoms with Gasteiger partial charge >= 0.3 is 0 Å². The van der Waals surface area contributed by atoms with E-state index in [9.17, 15) is 0 Å². The number of rotatable bonds is 4. The van der Waals surface area contributed by atoms with E-state index in [1.165, 1.54) is 22.4 Å². The number of aryl methyl sites for hydroxylation is 1. The molecule has 0 atom stereocenters. The molecule has 1 aromatic rings. The van der Waals surface area contributed by atoms with E-state index >= 15 is 0 Å². The Balaban J connectivity index is 3.28. The summed E-state index contributed by atoms with van der Waals surface area (Å²) in [5, 5.41) is 0. The van der Waals surface area contributed by atoms with Gasteiger partial charge in [0.15, 0.2) is 10.4 Å². The van der Waals surface area contributed by atoms with Gasteiger partial charge in [-0.05, 0) is 42.0 Å². The fourth-order valence-corrected chi connectivity index (χ4v) is 2.27. The third-order valence-electron chi connectivity index (χ3n) is 2.75. The van der Waals surface area contributed by atoms with Crippen LogP contribution in [0.4, 0.5) is 5.69 Å². The van der Waals surface area contributed by atoms with Crippen molar-refractivity contribution in [3.05, 3.63) is 28.8 Å². The molecule has 0 aliphatic rings. The van der Waals surface area contributed by atoms with Crippen LogP contribution in [-0.4, -0.2) is 10.4 Å². The average Bonchev–Trinajstić information content (AvgIpc) is 2.26. The molecule has 0 unspecified atom stereocenters. The number of benzene rings is 1. The smallest absolute Gasteiger partial charge is 0.186 e. The molecule has 0 fully saturated rings. The van der Waals surface area contributed by atoms with Crippen molar-refractivity contribution >= 4 is 16.1 Å². The lowest BCUT2D eigenvalue weighted by atomic mass is 9.94. The Bertz CT molecular complexity index is 276. The van der Waals surface area contributed by atoms with Gasteiger partial charge in [-0.2, -0.15) is 0 Å². The fraction of sp³-hybridized carbons (Fsp3) is 0.500. The van der Waals surface area contributed by atoms with Crippen LogP contribution in [0.2, 0.25) is 0 Å². The molecule has 1 rings (SSSR count). The Hall–Kier alpha value is -0.763. The van der Waals surface area contributed by atoms with E-state index in [-0.39, 0.29) is 0 Å². The molecule has 0 aromatic heterocycles. The minimum absolute atomic E-state index is 1.09. The number of anilines is 1. The summed E-state index contributed by atoms with van der Waals surface area (Å²) >= 11 is 0. The summed E-state index contributed by atoms with van der Waals surface area (Å²) in [6.07, 6.45) is 3.33. The Labute approximate surface area is 90.4 Å².